The Balaban J connectivity index is 1.61. The average molecular weight is 472 g/mol. The highest BCUT2D eigenvalue weighted by atomic mass is 32.2. The third kappa shape index (κ3) is 5.62. The molecule has 33 heavy (non-hydrogen) atoms. The molecule has 4 rings (SSSR count). The molecule has 8 heteroatoms. The van der Waals surface area contributed by atoms with Gasteiger partial charge in [0.2, 0.25) is 5.91 Å². The molecule has 0 aromatic heterocycles. The molecule has 0 aliphatic carbocycles. The highest BCUT2D eigenvalue weighted by molar-refractivity contribution is 7.90. The molecular formula is C25H29NO6S. The standard InChI is InChI=1S/C25H29NO6S/c1-33(29,30)22-9-7-20(8-10-22)23(16-19-11-13-31-14-12-19)24(27)26-21(17-32-25(26)28)15-18-5-3-2-4-6-18/h2-10,19,21,23H,11-17H2,1H3/t21-,23-/m1/s1. The van der Waals surface area contributed by atoms with Crippen LogP contribution in [0.1, 0.15) is 36.3 Å². The van der Waals surface area contributed by atoms with E-state index in [9.17, 15) is 18.0 Å². The summed E-state index contributed by atoms with van der Waals surface area (Å²) in [6.45, 7) is 1.47. The molecule has 2 saturated heterocycles. The predicted octanol–water partition coefficient (Wildman–Crippen LogP) is 3.58. The number of carbonyl (C=O) groups excluding carboxylic acids is 2. The third-order valence-electron chi connectivity index (χ3n) is 6.43. The molecule has 176 valence electrons. The summed E-state index contributed by atoms with van der Waals surface area (Å²) in [5, 5.41) is 0. The molecule has 0 radical (unpaired) electrons. The number of imide groups is 1. The minimum Gasteiger partial charge on any atom is -0.447 e. The van der Waals surface area contributed by atoms with Gasteiger partial charge in [-0.2, -0.15) is 0 Å². The zero-order chi connectivity index (χ0) is 23.4. The van der Waals surface area contributed by atoms with E-state index in [4.69, 9.17) is 9.47 Å². The quantitative estimate of drug-likeness (QED) is 0.613. The molecule has 2 heterocycles. The number of hydrogen-bond acceptors (Lipinski definition) is 6. The van der Waals surface area contributed by atoms with Gasteiger partial charge in [-0.1, -0.05) is 42.5 Å². The van der Waals surface area contributed by atoms with Crippen LogP contribution in [-0.4, -0.2) is 57.4 Å². The topological polar surface area (TPSA) is 90.0 Å². The van der Waals surface area contributed by atoms with Crippen molar-refractivity contribution in [2.24, 2.45) is 5.92 Å². The van der Waals surface area contributed by atoms with Crippen LogP contribution >= 0.6 is 0 Å². The van der Waals surface area contributed by atoms with Crippen molar-refractivity contribution in [1.82, 2.24) is 4.90 Å². The van der Waals surface area contributed by atoms with E-state index in [1.54, 1.807) is 12.1 Å². The van der Waals surface area contributed by atoms with Gasteiger partial charge in [0.1, 0.15) is 6.61 Å². The van der Waals surface area contributed by atoms with Crippen LogP contribution in [0.4, 0.5) is 4.79 Å². The first kappa shape index (κ1) is 23.4. The molecular weight excluding hydrogens is 442 g/mol. The molecule has 0 spiro atoms. The number of rotatable bonds is 7. The predicted molar refractivity (Wildman–Crippen MR) is 123 cm³/mol. The summed E-state index contributed by atoms with van der Waals surface area (Å²) in [7, 11) is -3.35. The largest absolute Gasteiger partial charge is 0.447 e. The molecule has 2 aromatic carbocycles. The normalized spacial score (nSPS) is 20.5. The van der Waals surface area contributed by atoms with E-state index in [0.29, 0.717) is 31.6 Å². The first-order valence-electron chi connectivity index (χ1n) is 11.2. The second-order valence-electron chi connectivity index (χ2n) is 8.81. The Morgan fingerprint density at radius 1 is 1.06 bits per heavy atom. The van der Waals surface area contributed by atoms with E-state index >= 15 is 0 Å². The van der Waals surface area contributed by atoms with Gasteiger partial charge in [0.25, 0.3) is 0 Å². The Labute approximate surface area is 194 Å². The van der Waals surface area contributed by atoms with Gasteiger partial charge in [0.15, 0.2) is 9.84 Å². The summed E-state index contributed by atoms with van der Waals surface area (Å²) in [5.74, 6) is -0.573. The first-order valence-corrected chi connectivity index (χ1v) is 13.1. The summed E-state index contributed by atoms with van der Waals surface area (Å²) in [4.78, 5) is 27.9. The molecule has 7 nitrogen and oxygen atoms in total. The van der Waals surface area contributed by atoms with E-state index in [0.717, 1.165) is 24.7 Å². The molecule has 0 saturated carbocycles. The maximum atomic E-state index is 13.8. The minimum atomic E-state index is -3.35. The SMILES string of the molecule is CS(=O)(=O)c1ccc([C@@H](CC2CCOCC2)C(=O)N2C(=O)OC[C@H]2Cc2ccccc2)cc1. The lowest BCUT2D eigenvalue weighted by molar-refractivity contribution is -0.131. The molecule has 2 aliphatic rings. The van der Waals surface area contributed by atoms with Crippen molar-refractivity contribution in [1.29, 1.82) is 0 Å². The maximum Gasteiger partial charge on any atom is 0.417 e. The molecule has 2 atom stereocenters. The second-order valence-corrected chi connectivity index (χ2v) is 10.8. The van der Waals surface area contributed by atoms with Crippen molar-refractivity contribution in [2.45, 2.75) is 42.5 Å². The summed E-state index contributed by atoms with van der Waals surface area (Å²) in [6, 6.07) is 15.8. The lowest BCUT2D eigenvalue weighted by atomic mass is 9.84. The van der Waals surface area contributed by atoms with E-state index in [2.05, 4.69) is 0 Å². The number of sulfone groups is 1. The number of benzene rings is 2. The van der Waals surface area contributed by atoms with Gasteiger partial charge in [-0.3, -0.25) is 4.79 Å². The fourth-order valence-corrected chi connectivity index (χ4v) is 5.21. The van der Waals surface area contributed by atoms with Crippen LogP contribution in [0.25, 0.3) is 0 Å². The van der Waals surface area contributed by atoms with E-state index in [1.165, 1.54) is 17.0 Å². The molecule has 0 unspecified atom stereocenters. The van der Waals surface area contributed by atoms with Gasteiger partial charge in [0, 0.05) is 19.5 Å². The van der Waals surface area contributed by atoms with Crippen LogP contribution in [0, 0.1) is 5.92 Å². The number of ether oxygens (including phenoxy) is 2. The summed E-state index contributed by atoms with van der Waals surface area (Å²) in [5.41, 5.74) is 1.73. The molecule has 2 amide bonds. The van der Waals surface area contributed by atoms with Crippen molar-refractivity contribution in [3.8, 4) is 0 Å². The zero-order valence-electron chi connectivity index (χ0n) is 18.7. The molecule has 2 aliphatic heterocycles. The highest BCUT2D eigenvalue weighted by Gasteiger charge is 2.41. The lowest BCUT2D eigenvalue weighted by Gasteiger charge is -2.29. The van der Waals surface area contributed by atoms with Crippen LogP contribution in [-0.2, 0) is 30.5 Å². The van der Waals surface area contributed by atoms with Gasteiger partial charge in [-0.25, -0.2) is 18.1 Å². The number of hydrogen-bond donors (Lipinski definition) is 0. The average Bonchev–Trinajstić information content (AvgIpc) is 3.17. The van der Waals surface area contributed by atoms with Crippen molar-refractivity contribution >= 4 is 21.8 Å². The van der Waals surface area contributed by atoms with Crippen LogP contribution in [0.5, 0.6) is 0 Å². The lowest BCUT2D eigenvalue weighted by Crippen LogP contribution is -2.43. The van der Waals surface area contributed by atoms with E-state index in [1.807, 2.05) is 30.3 Å². The number of carbonyl (C=O) groups is 2. The van der Waals surface area contributed by atoms with E-state index in [-0.39, 0.29) is 29.4 Å². The Kier molecular flexibility index (Phi) is 7.14. The Hall–Kier alpha value is -2.71. The monoisotopic (exact) mass is 471 g/mol. The van der Waals surface area contributed by atoms with Gasteiger partial charge in [-0.05, 0) is 54.9 Å². The molecule has 2 fully saturated rings. The van der Waals surface area contributed by atoms with Crippen LogP contribution < -0.4 is 0 Å². The first-order chi connectivity index (χ1) is 15.8. The zero-order valence-corrected chi connectivity index (χ0v) is 19.5. The Morgan fingerprint density at radius 2 is 1.73 bits per heavy atom. The summed E-state index contributed by atoms with van der Waals surface area (Å²) in [6.07, 6.45) is 3.33. The Bertz CT molecular complexity index is 1080. The van der Waals surface area contributed by atoms with Gasteiger partial charge in [-0.15, -0.1) is 0 Å². The summed E-state index contributed by atoms with van der Waals surface area (Å²) >= 11 is 0. The highest BCUT2D eigenvalue weighted by Crippen LogP contribution is 2.33. The minimum absolute atomic E-state index is 0.163. The van der Waals surface area contributed by atoms with Crippen molar-refractivity contribution < 1.29 is 27.5 Å². The fourth-order valence-electron chi connectivity index (χ4n) is 4.58. The Morgan fingerprint density at radius 3 is 2.36 bits per heavy atom. The number of amides is 2. The second kappa shape index (κ2) is 10.1. The van der Waals surface area contributed by atoms with Crippen LogP contribution in [0.15, 0.2) is 59.5 Å². The van der Waals surface area contributed by atoms with Gasteiger partial charge >= 0.3 is 6.09 Å². The van der Waals surface area contributed by atoms with Crippen molar-refractivity contribution in [3.05, 3.63) is 65.7 Å². The van der Waals surface area contributed by atoms with Crippen LogP contribution in [0.2, 0.25) is 0 Å². The molecule has 0 N–H and O–H groups in total. The van der Waals surface area contributed by atoms with Crippen LogP contribution in [0.3, 0.4) is 0 Å². The number of cyclic esters (lactones) is 1. The third-order valence-corrected chi connectivity index (χ3v) is 7.56. The van der Waals surface area contributed by atoms with Gasteiger partial charge in [0.05, 0.1) is 16.9 Å². The van der Waals surface area contributed by atoms with Gasteiger partial charge < -0.3 is 9.47 Å². The number of nitrogens with zero attached hydrogens (tertiary/aromatic N) is 1. The van der Waals surface area contributed by atoms with Crippen molar-refractivity contribution in [3.63, 3.8) is 0 Å². The summed E-state index contributed by atoms with van der Waals surface area (Å²) < 4.78 is 34.5. The molecule has 2 aromatic rings. The maximum absolute atomic E-state index is 13.8. The smallest absolute Gasteiger partial charge is 0.417 e. The molecule has 0 bridgehead atoms. The van der Waals surface area contributed by atoms with E-state index < -0.39 is 21.8 Å². The fraction of sp³-hybridized carbons (Fsp3) is 0.440. The van der Waals surface area contributed by atoms with Crippen molar-refractivity contribution in [2.75, 3.05) is 26.1 Å².